The molecule has 1 aromatic carbocycles. The molecule has 2 aliphatic carbocycles. The van der Waals surface area contributed by atoms with Crippen LogP contribution in [0.4, 0.5) is 0 Å². The van der Waals surface area contributed by atoms with Crippen molar-refractivity contribution in [1.29, 1.82) is 0 Å². The Balaban J connectivity index is 1.95. The van der Waals surface area contributed by atoms with Gasteiger partial charge < -0.3 is 0 Å². The largest absolute Gasteiger partial charge is 0.295 e. The molecule has 0 unspecified atom stereocenters. The fourth-order valence-corrected chi connectivity index (χ4v) is 4.03. The predicted molar refractivity (Wildman–Crippen MR) is 86.9 cm³/mol. The first kappa shape index (κ1) is 14.3. The first-order valence-corrected chi connectivity index (χ1v) is 7.93. The van der Waals surface area contributed by atoms with Crippen LogP contribution in [-0.4, -0.2) is 5.78 Å². The number of benzene rings is 1. The van der Waals surface area contributed by atoms with Crippen molar-refractivity contribution < 1.29 is 4.79 Å². The van der Waals surface area contributed by atoms with Gasteiger partial charge in [0.1, 0.15) is 0 Å². The summed E-state index contributed by atoms with van der Waals surface area (Å²) in [6, 6.07) is 10.6. The second kappa shape index (κ2) is 5.29. The van der Waals surface area contributed by atoms with Gasteiger partial charge in [0.25, 0.3) is 0 Å². The zero-order valence-corrected chi connectivity index (χ0v) is 13.2. The van der Waals surface area contributed by atoms with Crippen LogP contribution in [0.1, 0.15) is 32.8 Å². The van der Waals surface area contributed by atoms with Gasteiger partial charge in [-0.3, -0.25) is 4.79 Å². The van der Waals surface area contributed by atoms with Crippen LogP contribution in [0, 0.1) is 23.2 Å². The van der Waals surface area contributed by atoms with Gasteiger partial charge in [0.2, 0.25) is 0 Å². The molecule has 0 aromatic heterocycles. The number of carbonyl (C=O) groups is 1. The monoisotopic (exact) mass is 280 g/mol. The minimum atomic E-state index is 0.116. The van der Waals surface area contributed by atoms with Crippen molar-refractivity contribution in [2.75, 3.05) is 0 Å². The summed E-state index contributed by atoms with van der Waals surface area (Å²) < 4.78 is 0. The lowest BCUT2D eigenvalue weighted by molar-refractivity contribution is -0.124. The van der Waals surface area contributed by atoms with E-state index >= 15 is 0 Å². The molecule has 1 nitrogen and oxygen atoms in total. The van der Waals surface area contributed by atoms with E-state index in [1.165, 1.54) is 11.1 Å². The van der Waals surface area contributed by atoms with Crippen LogP contribution >= 0.6 is 0 Å². The number of allylic oxidation sites excluding steroid dienone is 4. The van der Waals surface area contributed by atoms with Gasteiger partial charge in [0.05, 0.1) is 0 Å². The van der Waals surface area contributed by atoms with E-state index in [1.807, 2.05) is 12.1 Å². The summed E-state index contributed by atoms with van der Waals surface area (Å²) in [6.07, 6.45) is 8.32. The smallest absolute Gasteiger partial charge is 0.159 e. The average Bonchev–Trinajstić information content (AvgIpc) is 2.46. The highest BCUT2D eigenvalue weighted by Crippen LogP contribution is 2.48. The van der Waals surface area contributed by atoms with Gasteiger partial charge in [-0.25, -0.2) is 0 Å². The molecule has 3 rings (SSSR count). The van der Waals surface area contributed by atoms with Crippen molar-refractivity contribution in [3.8, 4) is 0 Å². The summed E-state index contributed by atoms with van der Waals surface area (Å²) in [4.78, 5) is 12.5. The van der Waals surface area contributed by atoms with Gasteiger partial charge in [0, 0.05) is 5.92 Å². The summed E-state index contributed by atoms with van der Waals surface area (Å²) >= 11 is 0. The van der Waals surface area contributed by atoms with Gasteiger partial charge >= 0.3 is 0 Å². The Morgan fingerprint density at radius 1 is 1.19 bits per heavy atom. The number of carbonyl (C=O) groups excluding carboxylic acids is 1. The molecule has 110 valence electrons. The lowest BCUT2D eigenvalue weighted by Crippen LogP contribution is -2.43. The van der Waals surface area contributed by atoms with Gasteiger partial charge in [-0.15, -0.1) is 0 Å². The van der Waals surface area contributed by atoms with Gasteiger partial charge in [-0.2, -0.15) is 0 Å². The van der Waals surface area contributed by atoms with E-state index < -0.39 is 0 Å². The van der Waals surface area contributed by atoms with Crippen molar-refractivity contribution in [1.82, 2.24) is 0 Å². The maximum atomic E-state index is 12.5. The van der Waals surface area contributed by atoms with Gasteiger partial charge in [0.15, 0.2) is 5.78 Å². The average molecular weight is 280 g/mol. The van der Waals surface area contributed by atoms with E-state index in [2.05, 4.69) is 57.2 Å². The first-order valence-electron chi connectivity index (χ1n) is 7.93. The van der Waals surface area contributed by atoms with E-state index in [0.29, 0.717) is 17.6 Å². The quantitative estimate of drug-likeness (QED) is 0.724. The van der Waals surface area contributed by atoms with Crippen LogP contribution in [-0.2, 0) is 11.2 Å². The molecular weight excluding hydrogens is 256 g/mol. The van der Waals surface area contributed by atoms with Crippen molar-refractivity contribution >= 4 is 5.78 Å². The van der Waals surface area contributed by atoms with Crippen molar-refractivity contribution in [2.24, 2.45) is 23.2 Å². The number of ketones is 1. The zero-order valence-electron chi connectivity index (χ0n) is 13.2. The Bertz CT molecular complexity index is 592. The van der Waals surface area contributed by atoms with Crippen LogP contribution in [0.3, 0.4) is 0 Å². The number of hydrogen-bond acceptors (Lipinski definition) is 1. The third-order valence-electron chi connectivity index (χ3n) is 5.41. The van der Waals surface area contributed by atoms with E-state index in [-0.39, 0.29) is 11.3 Å². The molecule has 21 heavy (non-hydrogen) atoms. The minimum Gasteiger partial charge on any atom is -0.295 e. The van der Waals surface area contributed by atoms with Gasteiger partial charge in [-0.05, 0) is 48.7 Å². The molecule has 0 amide bonds. The fourth-order valence-electron chi connectivity index (χ4n) is 4.03. The fraction of sp³-hybridized carbons (Fsp3) is 0.450. The Labute approximate surface area is 127 Å². The topological polar surface area (TPSA) is 17.1 Å². The number of rotatable bonds is 2. The van der Waals surface area contributed by atoms with E-state index in [4.69, 9.17) is 0 Å². The lowest BCUT2D eigenvalue weighted by atomic mass is 9.57. The number of fused-ring (bicyclic) bond motifs is 1. The third kappa shape index (κ3) is 2.62. The van der Waals surface area contributed by atoms with E-state index in [1.54, 1.807) is 0 Å². The standard InChI is InChI=1S/C20H24O/c1-14-9-10-17-19(18(21)11-12-20(17,2)3)16(14)13-15-7-5-4-6-8-15/h4-9,11-12,16-17,19H,10,13H2,1-3H3/t16-,17+,19+/m0/s1. The molecule has 3 atom stereocenters. The molecule has 0 radical (unpaired) electrons. The molecule has 0 spiro atoms. The van der Waals surface area contributed by atoms with Crippen LogP contribution in [0.2, 0.25) is 0 Å². The molecule has 0 fully saturated rings. The molecule has 1 aromatic rings. The van der Waals surface area contributed by atoms with Gasteiger partial charge in [-0.1, -0.05) is 61.9 Å². The van der Waals surface area contributed by atoms with Crippen molar-refractivity contribution in [3.05, 3.63) is 59.7 Å². The zero-order chi connectivity index (χ0) is 15.0. The molecule has 0 bridgehead atoms. The first-order chi connectivity index (χ1) is 9.99. The Kier molecular flexibility index (Phi) is 3.61. The summed E-state index contributed by atoms with van der Waals surface area (Å²) in [7, 11) is 0. The van der Waals surface area contributed by atoms with Crippen LogP contribution < -0.4 is 0 Å². The molecule has 0 saturated heterocycles. The van der Waals surface area contributed by atoms with E-state index in [9.17, 15) is 4.79 Å². The SMILES string of the molecule is CC1=CC[C@@H]2[C@H](C(=O)C=CC2(C)C)[C@H]1Cc1ccccc1. The third-order valence-corrected chi connectivity index (χ3v) is 5.41. The molecule has 0 saturated carbocycles. The van der Waals surface area contributed by atoms with Crippen LogP contribution in [0.25, 0.3) is 0 Å². The minimum absolute atomic E-state index is 0.116. The summed E-state index contributed by atoms with van der Waals surface area (Å²) in [5.74, 6) is 1.26. The molecular formula is C20H24O. The van der Waals surface area contributed by atoms with E-state index in [0.717, 1.165) is 12.8 Å². The summed E-state index contributed by atoms with van der Waals surface area (Å²) in [5.41, 5.74) is 2.83. The maximum absolute atomic E-state index is 12.5. The maximum Gasteiger partial charge on any atom is 0.159 e. The second-order valence-electron chi connectivity index (χ2n) is 7.17. The normalized spacial score (nSPS) is 30.7. The van der Waals surface area contributed by atoms with Crippen LogP contribution in [0.5, 0.6) is 0 Å². The molecule has 2 aliphatic rings. The highest BCUT2D eigenvalue weighted by molar-refractivity contribution is 5.93. The van der Waals surface area contributed by atoms with Crippen molar-refractivity contribution in [3.63, 3.8) is 0 Å². The highest BCUT2D eigenvalue weighted by Gasteiger charge is 2.45. The highest BCUT2D eigenvalue weighted by atomic mass is 16.1. The summed E-state index contributed by atoms with van der Waals surface area (Å²) in [6.45, 7) is 6.73. The van der Waals surface area contributed by atoms with Crippen LogP contribution in [0.15, 0.2) is 54.1 Å². The second-order valence-corrected chi connectivity index (χ2v) is 7.17. The Hall–Kier alpha value is -1.63. The summed E-state index contributed by atoms with van der Waals surface area (Å²) in [5, 5.41) is 0. The predicted octanol–water partition coefficient (Wildman–Crippen LogP) is 4.59. The Morgan fingerprint density at radius 2 is 1.90 bits per heavy atom. The molecule has 0 N–H and O–H groups in total. The molecule has 1 heteroatoms. The Morgan fingerprint density at radius 3 is 2.62 bits per heavy atom. The number of hydrogen-bond donors (Lipinski definition) is 0. The molecule has 0 aliphatic heterocycles. The van der Waals surface area contributed by atoms with Crippen molar-refractivity contribution in [2.45, 2.75) is 33.6 Å². The lowest BCUT2D eigenvalue weighted by Gasteiger charge is -2.45. The molecule has 0 heterocycles.